The fraction of sp³-hybridized carbons (Fsp3) is 0.490. The van der Waals surface area contributed by atoms with Crippen molar-refractivity contribution >= 4 is 52.3 Å². The Morgan fingerprint density at radius 2 is 1.72 bits per heavy atom. The molecule has 1 aliphatic carbocycles. The normalized spacial score (nSPS) is 20.2. The second-order valence-corrected chi connectivity index (χ2v) is 21.4. The molecule has 0 bridgehead atoms. The zero-order chi connectivity index (χ0) is 50.4. The number of aliphatic hydroxyl groups excluding tert-OH is 2. The molecule has 2 fully saturated rings. The molecule has 4 aromatic rings. The van der Waals surface area contributed by atoms with Gasteiger partial charge >= 0.3 is 0 Å². The Morgan fingerprint density at radius 1 is 1.01 bits per heavy atom. The van der Waals surface area contributed by atoms with Crippen molar-refractivity contribution in [3.8, 4) is 22.3 Å². The fourth-order valence-electron chi connectivity index (χ4n) is 9.54. The van der Waals surface area contributed by atoms with Gasteiger partial charge in [0.25, 0.3) is 5.91 Å². The highest BCUT2D eigenvalue weighted by Crippen LogP contribution is 2.55. The van der Waals surface area contributed by atoms with Gasteiger partial charge in [-0.2, -0.15) is 5.26 Å². The Labute approximate surface area is 412 Å². The van der Waals surface area contributed by atoms with Gasteiger partial charge in [0.05, 0.1) is 38.5 Å². The molecule has 0 spiro atoms. The van der Waals surface area contributed by atoms with E-state index in [2.05, 4.69) is 26.3 Å². The first-order valence-corrected chi connectivity index (χ1v) is 24.3. The van der Waals surface area contributed by atoms with Gasteiger partial charge in [0.15, 0.2) is 6.23 Å². The molecule has 0 unspecified atom stereocenters. The van der Waals surface area contributed by atoms with Crippen molar-refractivity contribution in [2.75, 3.05) is 31.6 Å². The van der Waals surface area contributed by atoms with E-state index >= 15 is 4.39 Å². The van der Waals surface area contributed by atoms with Crippen LogP contribution in [0.4, 0.5) is 10.1 Å². The van der Waals surface area contributed by atoms with Crippen LogP contribution in [-0.2, 0) is 19.1 Å². The van der Waals surface area contributed by atoms with Gasteiger partial charge in [0.2, 0.25) is 17.7 Å². The largest absolute Gasteiger partial charge is 0.489 e. The van der Waals surface area contributed by atoms with Crippen molar-refractivity contribution in [3.63, 3.8) is 0 Å². The number of aliphatic hydroxyl groups is 2. The van der Waals surface area contributed by atoms with Gasteiger partial charge in [-0.25, -0.2) is 9.37 Å². The summed E-state index contributed by atoms with van der Waals surface area (Å²) in [6, 6.07) is 15.9. The van der Waals surface area contributed by atoms with E-state index in [1.165, 1.54) is 28.4 Å². The zero-order valence-corrected chi connectivity index (χ0v) is 41.9. The molecule has 370 valence electrons. The van der Waals surface area contributed by atoms with Crippen molar-refractivity contribution < 1.29 is 43.3 Å². The third kappa shape index (κ3) is 12.4. The summed E-state index contributed by atoms with van der Waals surface area (Å²) in [6.45, 7) is 15.5. The number of carbonyl (C=O) groups is 4. The zero-order valence-electron chi connectivity index (χ0n) is 40.3. The highest BCUT2D eigenvalue weighted by Gasteiger charge is 2.64. The lowest BCUT2D eigenvalue weighted by Gasteiger charge is -2.63. The van der Waals surface area contributed by atoms with E-state index in [1.807, 2.05) is 52.8 Å². The third-order valence-electron chi connectivity index (χ3n) is 13.0. The fourth-order valence-corrected chi connectivity index (χ4v) is 10.6. The van der Waals surface area contributed by atoms with E-state index in [0.717, 1.165) is 16.1 Å². The second kappa shape index (κ2) is 22.0. The van der Waals surface area contributed by atoms with Gasteiger partial charge in [0.1, 0.15) is 42.4 Å². The van der Waals surface area contributed by atoms with Crippen molar-refractivity contribution in [1.82, 2.24) is 25.8 Å². The minimum Gasteiger partial charge on any atom is -0.489 e. The lowest BCUT2D eigenvalue weighted by molar-refractivity contribution is -0.164. The number of thiazole rings is 1. The van der Waals surface area contributed by atoms with E-state index in [9.17, 15) is 34.7 Å². The molecule has 15 nitrogen and oxygen atoms in total. The maximum absolute atomic E-state index is 15.2. The molecule has 6 rings (SSSR count). The van der Waals surface area contributed by atoms with Crippen LogP contribution in [-0.4, -0.2) is 100 Å². The minimum atomic E-state index is -1.36. The molecule has 1 aromatic heterocycles. The summed E-state index contributed by atoms with van der Waals surface area (Å²) in [4.78, 5) is 60.4. The number of halogens is 2. The summed E-state index contributed by atoms with van der Waals surface area (Å²) in [5.41, 5.74) is 3.09. The third-order valence-corrected chi connectivity index (χ3v) is 14.3. The lowest BCUT2D eigenvalue weighted by Crippen LogP contribution is -2.74. The van der Waals surface area contributed by atoms with Crippen molar-refractivity contribution in [1.29, 1.82) is 5.26 Å². The summed E-state index contributed by atoms with van der Waals surface area (Å²) < 4.78 is 27.1. The topological polar surface area (TPSA) is 215 Å². The summed E-state index contributed by atoms with van der Waals surface area (Å²) in [6.07, 6.45) is -0.657. The predicted molar refractivity (Wildman–Crippen MR) is 262 cm³/mol. The monoisotopic (exact) mass is 987 g/mol. The Balaban J connectivity index is 0.901. The molecule has 4 amide bonds. The number of nitrogens with zero attached hydrogens (tertiary/aromatic N) is 3. The van der Waals surface area contributed by atoms with E-state index < -0.39 is 70.1 Å². The first kappa shape index (κ1) is 52.7. The minimum absolute atomic E-state index is 0.0333. The van der Waals surface area contributed by atoms with Gasteiger partial charge < -0.3 is 45.9 Å². The predicted octanol–water partition coefficient (Wildman–Crippen LogP) is 7.29. The molecule has 4 atom stereocenters. The van der Waals surface area contributed by atoms with Crippen LogP contribution in [0.5, 0.6) is 5.75 Å². The Morgan fingerprint density at radius 3 is 2.35 bits per heavy atom. The first-order chi connectivity index (χ1) is 32.5. The van der Waals surface area contributed by atoms with Crippen LogP contribution in [0.15, 0.2) is 66.2 Å². The average Bonchev–Trinajstić information content (AvgIpc) is 3.92. The van der Waals surface area contributed by atoms with Crippen LogP contribution in [0.1, 0.15) is 108 Å². The van der Waals surface area contributed by atoms with Crippen LogP contribution in [0.3, 0.4) is 0 Å². The number of aryl methyl sites for hydroxylation is 1. The number of likely N-dealkylation sites (tertiary alicyclic amines) is 1. The maximum atomic E-state index is 15.2. The number of carbonyl (C=O) groups excluding carboxylic acids is 4. The quantitative estimate of drug-likeness (QED) is 0.0405. The highest BCUT2D eigenvalue weighted by molar-refractivity contribution is 7.13. The van der Waals surface area contributed by atoms with Gasteiger partial charge in [-0.3, -0.25) is 19.2 Å². The number of anilines is 1. The summed E-state index contributed by atoms with van der Waals surface area (Å²) >= 11 is 7.72. The number of aromatic nitrogens is 1. The molecular formula is C51H63ClFN7O8S. The molecule has 3 aromatic carbocycles. The van der Waals surface area contributed by atoms with Gasteiger partial charge in [-0.1, -0.05) is 84.3 Å². The van der Waals surface area contributed by atoms with Crippen molar-refractivity contribution in [2.45, 2.75) is 118 Å². The smallest absolute Gasteiger partial charge is 0.251 e. The van der Waals surface area contributed by atoms with E-state index in [1.54, 1.807) is 62.7 Å². The molecule has 1 saturated heterocycles. The SMILES string of the molecule is Cc1ncsc1-c1ccc([C@H](O)NC(=O)[C@@H]2C[C@@H](O)CN2C(=O)[C@@H](NC(=O)COCCCCCNc2ccc(C(=O)N[C@H]3C(C)(C)[C@H](Oc4ccc(C#N)c(Cl)c4)C3(C)C)cc2F)C(C)(C)C)cc1. The van der Waals surface area contributed by atoms with Crippen molar-refractivity contribution in [3.05, 3.63) is 99.4 Å². The van der Waals surface area contributed by atoms with Crippen LogP contribution in [0.2, 0.25) is 5.02 Å². The van der Waals surface area contributed by atoms with Gasteiger partial charge in [0, 0.05) is 60.2 Å². The first-order valence-electron chi connectivity index (χ1n) is 23.1. The van der Waals surface area contributed by atoms with Gasteiger partial charge in [-0.05, 0) is 67.5 Å². The molecule has 2 heterocycles. The number of hydrogen-bond donors (Lipinski definition) is 6. The second-order valence-electron chi connectivity index (χ2n) is 20.1. The summed E-state index contributed by atoms with van der Waals surface area (Å²) in [5, 5.41) is 42.5. The molecular weight excluding hydrogens is 925 g/mol. The standard InChI is InChI=1S/C51H63ClFN7O8S/c1-29-41(69-28-56-29)30-12-14-31(15-13-30)43(63)58-45(65)39-23-34(61)26-60(39)46(66)42(49(2,3)4)57-40(62)27-67-21-11-9-10-20-55-38-19-17-32(22-37(38)53)44(64)59-47-50(5,6)48(51(47,7)8)68-35-18-16-33(25-54)36(52)24-35/h12-19,22,24,28,34,39,42-43,47-48,55,61,63H,9-11,20-21,23,26-27H2,1-8H3,(H,57,62)(H,58,65)(H,59,64)/t34-,39+,42-,43+,47-,48-/m1/s1. The molecule has 1 aliphatic heterocycles. The Hall–Kier alpha value is -5.64. The lowest BCUT2D eigenvalue weighted by atomic mass is 9.49. The number of amides is 4. The molecule has 0 radical (unpaired) electrons. The van der Waals surface area contributed by atoms with E-state index in [4.69, 9.17) is 21.1 Å². The summed E-state index contributed by atoms with van der Waals surface area (Å²) in [5.74, 6) is -2.13. The number of hydrogen-bond acceptors (Lipinski definition) is 12. The number of β-amino-alcohol motifs (C(OH)–C–C–N with tert-alkyl or cyclic N) is 1. The van der Waals surface area contributed by atoms with Gasteiger partial charge in [-0.15, -0.1) is 11.3 Å². The van der Waals surface area contributed by atoms with Crippen molar-refractivity contribution in [2.24, 2.45) is 16.2 Å². The van der Waals surface area contributed by atoms with E-state index in [-0.39, 0.29) is 49.6 Å². The van der Waals surface area contributed by atoms with Crippen LogP contribution >= 0.6 is 22.9 Å². The number of nitriles is 1. The maximum Gasteiger partial charge on any atom is 0.251 e. The van der Waals surface area contributed by atoms with Crippen LogP contribution in [0.25, 0.3) is 10.4 Å². The Kier molecular flexibility index (Phi) is 16.8. The molecule has 1 saturated carbocycles. The van der Waals surface area contributed by atoms with E-state index in [0.29, 0.717) is 47.7 Å². The number of ether oxygens (including phenoxy) is 2. The summed E-state index contributed by atoms with van der Waals surface area (Å²) in [7, 11) is 0. The van der Waals surface area contributed by atoms with Crippen LogP contribution in [0, 0.1) is 40.3 Å². The Bertz CT molecular complexity index is 2530. The number of nitrogens with one attached hydrogen (secondary N) is 4. The molecule has 6 N–H and O–H groups in total. The molecule has 18 heteroatoms. The highest BCUT2D eigenvalue weighted by atomic mass is 35.5. The van der Waals surface area contributed by atoms with Crippen LogP contribution < -0.4 is 26.0 Å². The number of benzene rings is 3. The molecule has 2 aliphatic rings. The average molecular weight is 989 g/mol. The molecule has 69 heavy (non-hydrogen) atoms. The number of rotatable bonds is 19. The number of unbranched alkanes of at least 4 members (excludes halogenated alkanes) is 2.